The average Bonchev–Trinajstić information content (AvgIpc) is 1.84. The zero-order chi connectivity index (χ0) is 6.57. The molecule has 46 valence electrons. The highest BCUT2D eigenvalue weighted by Crippen LogP contribution is 2.21. The maximum absolute atomic E-state index is 10.4. The van der Waals surface area contributed by atoms with Gasteiger partial charge in [0.1, 0.15) is 0 Å². The molecule has 0 aromatic heterocycles. The van der Waals surface area contributed by atoms with E-state index in [2.05, 4.69) is 9.68 Å². The Kier molecular flexibility index (Phi) is 3.31. The van der Waals surface area contributed by atoms with Gasteiger partial charge in [0.15, 0.2) is 0 Å². The van der Waals surface area contributed by atoms with Gasteiger partial charge >= 0.3 is 13.5 Å². The fraction of sp³-hybridized carbons (Fsp3) is 0.667. The van der Waals surface area contributed by atoms with Crippen molar-refractivity contribution in [2.45, 2.75) is 6.92 Å². The minimum absolute atomic E-state index is 0.0995. The summed E-state index contributed by atoms with van der Waals surface area (Å²) in [6, 6.07) is 0. The molecular weight excluding hydrogens is 129 g/mol. The van der Waals surface area contributed by atoms with E-state index >= 15 is 0 Å². The molecule has 0 aliphatic rings. The lowest BCUT2D eigenvalue weighted by Gasteiger charge is -1.73. The molecule has 0 spiro atoms. The predicted molar refractivity (Wildman–Crippen MR) is 29.5 cm³/mol. The Morgan fingerprint density at radius 3 is 2.50 bits per heavy atom. The van der Waals surface area contributed by atoms with Crippen LogP contribution in [0.2, 0.25) is 0 Å². The van der Waals surface area contributed by atoms with Crippen LogP contribution in [-0.4, -0.2) is 17.8 Å². The van der Waals surface area contributed by atoms with Crippen molar-refractivity contribution in [2.24, 2.45) is 5.16 Å². The van der Waals surface area contributed by atoms with Gasteiger partial charge in [-0.2, -0.15) is 0 Å². The number of nitrogens with zero attached hydrogens (tertiary/aromatic N) is 1. The van der Waals surface area contributed by atoms with Crippen molar-refractivity contribution in [1.82, 2.24) is 0 Å². The van der Waals surface area contributed by atoms with Crippen LogP contribution >= 0.6 is 8.03 Å². The lowest BCUT2D eigenvalue weighted by molar-refractivity contribution is 0.319. The fourth-order valence-electron chi connectivity index (χ4n) is 0.169. The second-order valence-corrected chi connectivity index (χ2v) is 2.61. The van der Waals surface area contributed by atoms with E-state index in [1.165, 1.54) is 14.0 Å². The first-order valence-corrected chi connectivity index (χ1v) is 3.10. The molecule has 5 heteroatoms. The van der Waals surface area contributed by atoms with Gasteiger partial charge in [-0.1, -0.05) is 0 Å². The Balaban J connectivity index is 3.83. The van der Waals surface area contributed by atoms with Gasteiger partial charge in [0, 0.05) is 6.92 Å². The van der Waals surface area contributed by atoms with Gasteiger partial charge in [-0.15, -0.1) is 4.52 Å². The molecule has 0 heterocycles. The zero-order valence-corrected chi connectivity index (χ0v) is 5.55. The van der Waals surface area contributed by atoms with Crippen LogP contribution in [0.3, 0.4) is 0 Å². The molecule has 1 atom stereocenters. The Morgan fingerprint density at radius 2 is 2.38 bits per heavy atom. The standard InChI is InChI=1S/C3H6NO3P/c1-3(4-5)8(6)7-2/h1-2H3/p+1. The molecule has 0 radical (unpaired) electrons. The minimum atomic E-state index is -1.89. The molecule has 0 aliphatic heterocycles. The van der Waals surface area contributed by atoms with Crippen LogP contribution in [-0.2, 0) is 9.09 Å². The van der Waals surface area contributed by atoms with Crippen molar-refractivity contribution in [3.05, 3.63) is 0 Å². The van der Waals surface area contributed by atoms with Crippen molar-refractivity contribution in [1.29, 1.82) is 0 Å². The summed E-state index contributed by atoms with van der Waals surface area (Å²) in [5, 5.41) is 10.6. The van der Waals surface area contributed by atoms with E-state index in [0.717, 1.165) is 0 Å². The van der Waals surface area contributed by atoms with E-state index in [1.54, 1.807) is 0 Å². The van der Waals surface area contributed by atoms with Crippen molar-refractivity contribution in [3.63, 3.8) is 0 Å². The van der Waals surface area contributed by atoms with Gasteiger partial charge in [-0.05, 0) is 9.72 Å². The number of hydrogen-bond acceptors (Lipinski definition) is 4. The van der Waals surface area contributed by atoms with Crippen molar-refractivity contribution < 1.29 is 14.3 Å². The van der Waals surface area contributed by atoms with Crippen LogP contribution in [0, 0.1) is 0 Å². The molecule has 0 aromatic rings. The highest BCUT2D eigenvalue weighted by atomic mass is 31.1. The summed E-state index contributed by atoms with van der Waals surface area (Å²) in [4.78, 5) is 0. The van der Waals surface area contributed by atoms with E-state index in [0.29, 0.717) is 0 Å². The molecule has 0 fully saturated rings. The van der Waals surface area contributed by atoms with Crippen molar-refractivity contribution >= 4 is 13.5 Å². The zero-order valence-electron chi connectivity index (χ0n) is 4.66. The van der Waals surface area contributed by atoms with Gasteiger partial charge in [0.25, 0.3) is 0 Å². The second-order valence-electron chi connectivity index (χ2n) is 1.09. The van der Waals surface area contributed by atoms with Gasteiger partial charge in [-0.25, -0.2) is 0 Å². The van der Waals surface area contributed by atoms with Crippen LogP contribution in [0.25, 0.3) is 0 Å². The van der Waals surface area contributed by atoms with Gasteiger partial charge in [0.2, 0.25) is 0 Å². The monoisotopic (exact) mass is 136 g/mol. The number of oxime groups is 1. The maximum Gasteiger partial charge on any atom is 0.567 e. The summed E-state index contributed by atoms with van der Waals surface area (Å²) in [5.41, 5.74) is 0.0995. The molecule has 4 nitrogen and oxygen atoms in total. The lowest BCUT2D eigenvalue weighted by atomic mass is 10.9. The normalized spacial score (nSPS) is 13.8. The lowest BCUT2D eigenvalue weighted by Crippen LogP contribution is -1.82. The summed E-state index contributed by atoms with van der Waals surface area (Å²) in [7, 11) is -0.605. The average molecular weight is 136 g/mol. The molecule has 1 N–H and O–H groups in total. The minimum Gasteiger partial charge on any atom is -0.407 e. The van der Waals surface area contributed by atoms with Gasteiger partial charge in [0.05, 0.1) is 7.11 Å². The van der Waals surface area contributed by atoms with Crippen LogP contribution in [0.4, 0.5) is 0 Å². The molecule has 0 rings (SSSR count). The van der Waals surface area contributed by atoms with E-state index in [-0.39, 0.29) is 5.45 Å². The molecule has 0 saturated heterocycles. The quantitative estimate of drug-likeness (QED) is 0.268. The third-order valence-corrected chi connectivity index (χ3v) is 1.52. The second kappa shape index (κ2) is 3.52. The Morgan fingerprint density at radius 1 is 1.88 bits per heavy atom. The molecule has 0 aromatic carbocycles. The van der Waals surface area contributed by atoms with Crippen LogP contribution < -0.4 is 0 Å². The maximum atomic E-state index is 10.4. The van der Waals surface area contributed by atoms with Crippen LogP contribution in [0.5, 0.6) is 0 Å². The highest BCUT2D eigenvalue weighted by molar-refractivity contribution is 7.59. The summed E-state index contributed by atoms with van der Waals surface area (Å²) < 4.78 is 14.7. The smallest absolute Gasteiger partial charge is 0.407 e. The predicted octanol–water partition coefficient (Wildman–Crippen LogP) is 1.18. The van der Waals surface area contributed by atoms with Gasteiger partial charge < -0.3 is 5.21 Å². The Labute approximate surface area is 48.0 Å². The first-order chi connectivity index (χ1) is 3.72. The molecule has 8 heavy (non-hydrogen) atoms. The summed E-state index contributed by atoms with van der Waals surface area (Å²) >= 11 is 0. The summed E-state index contributed by atoms with van der Waals surface area (Å²) in [6.45, 7) is 1.42. The largest absolute Gasteiger partial charge is 0.567 e. The van der Waals surface area contributed by atoms with Crippen LogP contribution in [0.15, 0.2) is 5.16 Å². The van der Waals surface area contributed by atoms with E-state index in [4.69, 9.17) is 5.21 Å². The first kappa shape index (κ1) is 7.53. The third-order valence-electron chi connectivity index (χ3n) is 0.575. The molecule has 0 saturated carbocycles. The summed E-state index contributed by atoms with van der Waals surface area (Å²) in [6.07, 6.45) is 0. The molecule has 0 bridgehead atoms. The molecule has 0 amide bonds. The van der Waals surface area contributed by atoms with E-state index in [9.17, 15) is 4.57 Å². The number of rotatable bonds is 2. The summed E-state index contributed by atoms with van der Waals surface area (Å²) in [5.74, 6) is 0. The third kappa shape index (κ3) is 2.00. The van der Waals surface area contributed by atoms with E-state index < -0.39 is 8.03 Å². The molecular formula is C3H7NO3P+. The van der Waals surface area contributed by atoms with Crippen LogP contribution in [0.1, 0.15) is 6.92 Å². The van der Waals surface area contributed by atoms with Crippen molar-refractivity contribution in [3.8, 4) is 0 Å². The SMILES string of the molecule is CO[P+](=O)C(C)=NO. The fourth-order valence-corrected chi connectivity index (χ4v) is 0.506. The number of hydrogen-bond donors (Lipinski definition) is 1. The van der Waals surface area contributed by atoms with Gasteiger partial charge in [-0.3, -0.25) is 0 Å². The molecule has 0 aliphatic carbocycles. The topological polar surface area (TPSA) is 58.9 Å². The molecule has 1 unspecified atom stereocenters. The van der Waals surface area contributed by atoms with Crippen molar-refractivity contribution in [2.75, 3.05) is 7.11 Å². The Bertz CT molecular complexity index is 122. The van der Waals surface area contributed by atoms with E-state index in [1.807, 2.05) is 0 Å². The first-order valence-electron chi connectivity index (χ1n) is 1.92. The highest BCUT2D eigenvalue weighted by Gasteiger charge is 2.20. The Hall–Kier alpha value is -0.470.